The summed E-state index contributed by atoms with van der Waals surface area (Å²) in [6, 6.07) is 0. The van der Waals surface area contributed by atoms with Crippen LogP contribution in [0.4, 0.5) is 0 Å². The van der Waals surface area contributed by atoms with Crippen LogP contribution in [0, 0.1) is 5.92 Å². The molecule has 0 rings (SSSR count). The fourth-order valence-electron chi connectivity index (χ4n) is 14.1. The van der Waals surface area contributed by atoms with E-state index in [2.05, 4.69) is 34.6 Å². The van der Waals surface area contributed by atoms with Crippen LogP contribution >= 0.6 is 15.6 Å². The highest BCUT2D eigenvalue weighted by molar-refractivity contribution is 7.47. The molecule has 0 aromatic rings. The molecular formula is C90H176O17P2. The van der Waals surface area contributed by atoms with E-state index < -0.39 is 97.5 Å². The van der Waals surface area contributed by atoms with Crippen molar-refractivity contribution in [3.05, 3.63) is 0 Å². The van der Waals surface area contributed by atoms with Crippen LogP contribution in [-0.2, 0) is 65.4 Å². The molecule has 3 unspecified atom stereocenters. The summed E-state index contributed by atoms with van der Waals surface area (Å²) in [4.78, 5) is 73.3. The molecule has 0 heterocycles. The number of esters is 4. The number of aliphatic hydroxyl groups excluding tert-OH is 1. The fourth-order valence-corrected chi connectivity index (χ4v) is 15.7. The number of phosphoric ester groups is 2. The van der Waals surface area contributed by atoms with Crippen molar-refractivity contribution in [2.75, 3.05) is 39.6 Å². The Kier molecular flexibility index (Phi) is 81.1. The van der Waals surface area contributed by atoms with Crippen molar-refractivity contribution in [3.8, 4) is 0 Å². The van der Waals surface area contributed by atoms with E-state index in [9.17, 15) is 43.2 Å². The van der Waals surface area contributed by atoms with Gasteiger partial charge >= 0.3 is 39.5 Å². The molecule has 0 aliphatic heterocycles. The summed E-state index contributed by atoms with van der Waals surface area (Å²) in [6.45, 7) is 7.38. The first-order chi connectivity index (χ1) is 53.1. The van der Waals surface area contributed by atoms with Gasteiger partial charge in [-0.25, -0.2) is 9.13 Å². The minimum Gasteiger partial charge on any atom is -0.462 e. The van der Waals surface area contributed by atoms with Gasteiger partial charge in [-0.2, -0.15) is 0 Å². The Bertz CT molecular complexity index is 2070. The Balaban J connectivity index is 5.21. The molecule has 0 amide bonds. The molecule has 0 fully saturated rings. The highest BCUT2D eigenvalue weighted by Crippen LogP contribution is 2.45. The molecule has 0 spiro atoms. The predicted octanol–water partition coefficient (Wildman–Crippen LogP) is 27.9. The van der Waals surface area contributed by atoms with Crippen LogP contribution in [0.5, 0.6) is 0 Å². The topological polar surface area (TPSA) is 237 Å². The van der Waals surface area contributed by atoms with Gasteiger partial charge in [0.05, 0.1) is 26.4 Å². The molecule has 0 bridgehead atoms. The third-order valence-corrected chi connectivity index (χ3v) is 23.5. The Hall–Kier alpha value is -1.94. The van der Waals surface area contributed by atoms with Gasteiger partial charge in [0, 0.05) is 25.7 Å². The van der Waals surface area contributed by atoms with Crippen LogP contribution < -0.4 is 0 Å². The monoisotopic (exact) mass is 1590 g/mol. The molecule has 0 aromatic heterocycles. The summed E-state index contributed by atoms with van der Waals surface area (Å²) in [7, 11) is -9.93. The zero-order valence-electron chi connectivity index (χ0n) is 71.7. The number of unbranched alkanes of at least 4 members (excludes halogenated alkanes) is 61. The smallest absolute Gasteiger partial charge is 0.462 e. The normalized spacial score (nSPS) is 13.9. The quantitative estimate of drug-likeness (QED) is 0.0222. The van der Waals surface area contributed by atoms with E-state index in [1.54, 1.807) is 0 Å². The van der Waals surface area contributed by atoms with Crippen molar-refractivity contribution in [3.63, 3.8) is 0 Å². The van der Waals surface area contributed by atoms with Gasteiger partial charge < -0.3 is 33.8 Å². The molecule has 0 saturated carbocycles. The van der Waals surface area contributed by atoms with Crippen molar-refractivity contribution in [2.45, 2.75) is 509 Å². The van der Waals surface area contributed by atoms with Gasteiger partial charge in [0.15, 0.2) is 12.2 Å². The minimum atomic E-state index is -4.97. The van der Waals surface area contributed by atoms with Gasteiger partial charge in [-0.05, 0) is 31.6 Å². The number of aliphatic hydroxyl groups is 1. The van der Waals surface area contributed by atoms with Crippen LogP contribution in [-0.4, -0.2) is 96.7 Å². The standard InChI is InChI=1S/C90H176O17P2/c1-6-10-13-16-19-22-25-28-30-32-34-36-38-40-42-44-47-49-52-58-63-68-73-87(92)100-79-85(106-90(95)76-71-66-61-54-51-48-45-43-41-39-37-35-33-31-29-26-23-20-17-14-11-7-2)81-104-108(96,97)102-77-84(91)78-103-109(98,99)105-82-86(80-101-88(93)74-69-64-59-56-55-57-62-67-72-83(5)9-4)107-89(94)75-70-65-60-53-50-46-27-24-21-18-15-12-8-3/h83-86,91H,6-82H2,1-5H3,(H,96,97)(H,98,99)/t83?,84-,85-,86-/m1/s1. The average Bonchev–Trinajstić information content (AvgIpc) is 0.894. The number of carbonyl (C=O) groups excluding carboxylic acids is 4. The van der Waals surface area contributed by atoms with Gasteiger partial charge in [-0.3, -0.25) is 37.3 Å². The molecule has 0 aliphatic carbocycles. The minimum absolute atomic E-state index is 0.108. The van der Waals surface area contributed by atoms with Crippen LogP contribution in [0.1, 0.15) is 490 Å². The summed E-state index contributed by atoms with van der Waals surface area (Å²) in [5, 5.41) is 10.7. The van der Waals surface area contributed by atoms with E-state index in [1.165, 1.54) is 315 Å². The molecule has 0 aliphatic rings. The summed E-state index contributed by atoms with van der Waals surface area (Å²) in [5.74, 6) is -1.32. The first-order valence-electron chi connectivity index (χ1n) is 46.7. The predicted molar refractivity (Wildman–Crippen MR) is 451 cm³/mol. The van der Waals surface area contributed by atoms with Gasteiger partial charge in [-0.1, -0.05) is 439 Å². The molecule has 648 valence electrons. The number of rotatable bonds is 90. The Morgan fingerprint density at radius 2 is 0.440 bits per heavy atom. The molecule has 0 aromatic carbocycles. The lowest BCUT2D eigenvalue weighted by molar-refractivity contribution is -0.161. The van der Waals surface area contributed by atoms with Crippen molar-refractivity contribution >= 4 is 39.5 Å². The fraction of sp³-hybridized carbons (Fsp3) is 0.956. The van der Waals surface area contributed by atoms with E-state index in [0.717, 1.165) is 95.8 Å². The van der Waals surface area contributed by atoms with Crippen molar-refractivity contribution in [1.82, 2.24) is 0 Å². The number of carbonyl (C=O) groups is 4. The SMILES string of the molecule is CCCCCCCCCCCCCCCCCCCCCCCCC(=O)OC[C@H](COP(=O)(O)OC[C@@H](O)COP(=O)(O)OC[C@@H](COC(=O)CCCCCCCCCCC(C)CC)OC(=O)CCCCCCCCCCCCCCC)OC(=O)CCCCCCCCCCCCCCCCCCCCCCCC. The van der Waals surface area contributed by atoms with Crippen LogP contribution in [0.3, 0.4) is 0 Å². The maximum Gasteiger partial charge on any atom is 0.472 e. The van der Waals surface area contributed by atoms with E-state index in [-0.39, 0.29) is 25.7 Å². The second-order valence-electron chi connectivity index (χ2n) is 32.6. The van der Waals surface area contributed by atoms with Crippen LogP contribution in [0.25, 0.3) is 0 Å². The van der Waals surface area contributed by atoms with E-state index in [4.69, 9.17) is 37.0 Å². The second-order valence-corrected chi connectivity index (χ2v) is 35.5. The van der Waals surface area contributed by atoms with Gasteiger partial charge in [0.2, 0.25) is 0 Å². The average molecular weight is 1590 g/mol. The summed E-state index contributed by atoms with van der Waals surface area (Å²) in [6.07, 6.45) is 78.0. The maximum atomic E-state index is 13.2. The van der Waals surface area contributed by atoms with Crippen molar-refractivity contribution < 1.29 is 80.2 Å². The van der Waals surface area contributed by atoms with Gasteiger partial charge in [0.1, 0.15) is 19.3 Å². The first kappa shape index (κ1) is 107. The third-order valence-electron chi connectivity index (χ3n) is 21.6. The highest BCUT2D eigenvalue weighted by Gasteiger charge is 2.31. The van der Waals surface area contributed by atoms with Crippen molar-refractivity contribution in [1.29, 1.82) is 0 Å². The van der Waals surface area contributed by atoms with Crippen LogP contribution in [0.15, 0.2) is 0 Å². The zero-order chi connectivity index (χ0) is 79.7. The summed E-state index contributed by atoms with van der Waals surface area (Å²) in [5.41, 5.74) is 0. The molecular weight excluding hydrogens is 1410 g/mol. The molecule has 109 heavy (non-hydrogen) atoms. The Morgan fingerprint density at radius 3 is 0.651 bits per heavy atom. The Labute approximate surface area is 670 Å². The number of phosphoric acid groups is 2. The van der Waals surface area contributed by atoms with Gasteiger partial charge in [-0.15, -0.1) is 0 Å². The van der Waals surface area contributed by atoms with Gasteiger partial charge in [0.25, 0.3) is 0 Å². The highest BCUT2D eigenvalue weighted by atomic mass is 31.2. The molecule has 0 saturated heterocycles. The number of hydrogen-bond acceptors (Lipinski definition) is 15. The lowest BCUT2D eigenvalue weighted by Gasteiger charge is -2.21. The molecule has 3 N–H and O–H groups in total. The summed E-state index contributed by atoms with van der Waals surface area (Å²) < 4.78 is 69.0. The third kappa shape index (κ3) is 82.4. The van der Waals surface area contributed by atoms with Crippen molar-refractivity contribution in [2.24, 2.45) is 5.92 Å². The molecule has 19 heteroatoms. The molecule has 0 radical (unpaired) electrons. The van der Waals surface area contributed by atoms with E-state index in [0.29, 0.717) is 25.7 Å². The largest absolute Gasteiger partial charge is 0.472 e. The van der Waals surface area contributed by atoms with E-state index >= 15 is 0 Å². The second kappa shape index (κ2) is 82.6. The van der Waals surface area contributed by atoms with E-state index in [1.807, 2.05) is 0 Å². The lowest BCUT2D eigenvalue weighted by Crippen LogP contribution is -2.30. The number of hydrogen-bond donors (Lipinski definition) is 3. The molecule has 17 nitrogen and oxygen atoms in total. The summed E-state index contributed by atoms with van der Waals surface area (Å²) >= 11 is 0. The van der Waals surface area contributed by atoms with Crippen LogP contribution in [0.2, 0.25) is 0 Å². The Morgan fingerprint density at radius 1 is 0.257 bits per heavy atom. The first-order valence-corrected chi connectivity index (χ1v) is 49.7. The molecule has 6 atom stereocenters. The zero-order valence-corrected chi connectivity index (χ0v) is 73.5. The lowest BCUT2D eigenvalue weighted by atomic mass is 9.99. The number of ether oxygens (including phenoxy) is 4. The maximum absolute atomic E-state index is 13.2.